The van der Waals surface area contributed by atoms with Crippen molar-refractivity contribution in [3.05, 3.63) is 28.8 Å². The SMILES string of the molecule is CC(C)N1CCOC(COc2cc(Cl)ccc2C(=O)O)C1. The lowest BCUT2D eigenvalue weighted by Gasteiger charge is -2.35. The van der Waals surface area contributed by atoms with Gasteiger partial charge in [0, 0.05) is 24.2 Å². The summed E-state index contributed by atoms with van der Waals surface area (Å²) in [6.45, 7) is 6.94. The van der Waals surface area contributed by atoms with E-state index in [1.54, 1.807) is 0 Å². The molecular weight excluding hydrogens is 294 g/mol. The number of carboxylic acid groups (broad SMARTS) is 1. The first kappa shape index (κ1) is 16.1. The number of rotatable bonds is 5. The Balaban J connectivity index is 1.99. The second-order valence-electron chi connectivity index (χ2n) is 5.34. The maximum absolute atomic E-state index is 11.2. The van der Waals surface area contributed by atoms with E-state index in [1.807, 2.05) is 0 Å². The van der Waals surface area contributed by atoms with Gasteiger partial charge < -0.3 is 14.6 Å². The van der Waals surface area contributed by atoms with E-state index >= 15 is 0 Å². The lowest BCUT2D eigenvalue weighted by Crippen LogP contribution is -2.47. The van der Waals surface area contributed by atoms with Crippen molar-refractivity contribution >= 4 is 17.6 Å². The van der Waals surface area contributed by atoms with Crippen LogP contribution in [0.5, 0.6) is 5.75 Å². The number of hydrogen-bond acceptors (Lipinski definition) is 4. The number of hydrogen-bond donors (Lipinski definition) is 1. The first-order valence-corrected chi connectivity index (χ1v) is 7.36. The number of carbonyl (C=O) groups is 1. The van der Waals surface area contributed by atoms with Crippen LogP contribution in [0.4, 0.5) is 0 Å². The highest BCUT2D eigenvalue weighted by Crippen LogP contribution is 2.24. The van der Waals surface area contributed by atoms with Gasteiger partial charge >= 0.3 is 5.97 Å². The van der Waals surface area contributed by atoms with Gasteiger partial charge in [0.05, 0.1) is 6.61 Å². The highest BCUT2D eigenvalue weighted by molar-refractivity contribution is 6.30. The van der Waals surface area contributed by atoms with Crippen molar-refractivity contribution < 1.29 is 19.4 Å². The zero-order valence-electron chi connectivity index (χ0n) is 12.2. The zero-order valence-corrected chi connectivity index (χ0v) is 13.0. The van der Waals surface area contributed by atoms with Crippen LogP contribution in [0.25, 0.3) is 0 Å². The van der Waals surface area contributed by atoms with Crippen molar-refractivity contribution in [2.24, 2.45) is 0 Å². The summed E-state index contributed by atoms with van der Waals surface area (Å²) in [4.78, 5) is 13.5. The van der Waals surface area contributed by atoms with E-state index in [9.17, 15) is 4.79 Å². The first-order valence-electron chi connectivity index (χ1n) is 6.98. The molecule has 21 heavy (non-hydrogen) atoms. The third kappa shape index (κ3) is 4.33. The standard InChI is InChI=1S/C15H20ClNO4/c1-10(2)17-5-6-20-12(8-17)9-21-14-7-11(16)3-4-13(14)15(18)19/h3-4,7,10,12H,5-6,8-9H2,1-2H3,(H,18,19). The largest absolute Gasteiger partial charge is 0.490 e. The van der Waals surface area contributed by atoms with Crippen LogP contribution in [0, 0.1) is 0 Å². The second kappa shape index (κ2) is 7.11. The van der Waals surface area contributed by atoms with Crippen molar-refractivity contribution in [1.29, 1.82) is 0 Å². The predicted octanol–water partition coefficient (Wildman–Crippen LogP) is 2.53. The molecule has 1 N–H and O–H groups in total. The van der Waals surface area contributed by atoms with Gasteiger partial charge in [-0.25, -0.2) is 4.79 Å². The van der Waals surface area contributed by atoms with Gasteiger partial charge in [0.15, 0.2) is 0 Å². The van der Waals surface area contributed by atoms with Crippen LogP contribution in [-0.2, 0) is 4.74 Å². The summed E-state index contributed by atoms with van der Waals surface area (Å²) in [6, 6.07) is 4.96. The van der Waals surface area contributed by atoms with Crippen molar-refractivity contribution in [3.63, 3.8) is 0 Å². The van der Waals surface area contributed by atoms with Gasteiger partial charge in [-0.3, -0.25) is 4.90 Å². The topological polar surface area (TPSA) is 59.0 Å². The number of morpholine rings is 1. The minimum atomic E-state index is -1.03. The molecule has 1 unspecified atom stereocenters. The average molecular weight is 314 g/mol. The lowest BCUT2D eigenvalue weighted by atomic mass is 10.2. The summed E-state index contributed by atoms with van der Waals surface area (Å²) in [5.41, 5.74) is 0.107. The van der Waals surface area contributed by atoms with Gasteiger partial charge in [-0.05, 0) is 32.0 Å². The average Bonchev–Trinajstić information content (AvgIpc) is 2.45. The van der Waals surface area contributed by atoms with Crippen molar-refractivity contribution in [3.8, 4) is 5.75 Å². The molecule has 1 aliphatic heterocycles. The molecule has 0 aromatic heterocycles. The fourth-order valence-corrected chi connectivity index (χ4v) is 2.45. The van der Waals surface area contributed by atoms with Crippen molar-refractivity contribution in [2.75, 3.05) is 26.3 Å². The van der Waals surface area contributed by atoms with Crippen LogP contribution in [0.15, 0.2) is 18.2 Å². The highest BCUT2D eigenvalue weighted by Gasteiger charge is 2.23. The molecule has 1 atom stereocenters. The van der Waals surface area contributed by atoms with Gasteiger partial charge in [0.1, 0.15) is 24.0 Å². The van der Waals surface area contributed by atoms with Gasteiger partial charge in [-0.15, -0.1) is 0 Å². The molecule has 0 spiro atoms. The maximum Gasteiger partial charge on any atom is 0.339 e. The third-order valence-corrected chi connectivity index (χ3v) is 3.73. The van der Waals surface area contributed by atoms with E-state index in [4.69, 9.17) is 26.2 Å². The molecule has 0 bridgehead atoms. The summed E-state index contributed by atoms with van der Waals surface area (Å²) >= 11 is 5.90. The van der Waals surface area contributed by atoms with Crippen LogP contribution >= 0.6 is 11.6 Å². The smallest absolute Gasteiger partial charge is 0.339 e. The van der Waals surface area contributed by atoms with Crippen molar-refractivity contribution in [1.82, 2.24) is 4.90 Å². The minimum absolute atomic E-state index is 0.0678. The molecule has 1 aromatic rings. The number of halogens is 1. The molecular formula is C15H20ClNO4. The van der Waals surface area contributed by atoms with E-state index in [0.29, 0.717) is 24.3 Å². The van der Waals surface area contributed by atoms with Gasteiger partial charge in [-0.1, -0.05) is 11.6 Å². The molecule has 0 saturated carbocycles. The fraction of sp³-hybridized carbons (Fsp3) is 0.533. The molecule has 5 nitrogen and oxygen atoms in total. The van der Waals surface area contributed by atoms with E-state index in [-0.39, 0.29) is 17.4 Å². The van der Waals surface area contributed by atoms with E-state index < -0.39 is 5.97 Å². The van der Waals surface area contributed by atoms with Crippen LogP contribution in [0.2, 0.25) is 5.02 Å². The normalized spacial score (nSPS) is 19.7. The molecule has 0 amide bonds. The Morgan fingerprint density at radius 1 is 1.57 bits per heavy atom. The minimum Gasteiger partial charge on any atom is -0.490 e. The molecule has 1 aromatic carbocycles. The number of benzene rings is 1. The lowest BCUT2D eigenvalue weighted by molar-refractivity contribution is -0.0565. The van der Waals surface area contributed by atoms with E-state index in [0.717, 1.165) is 13.1 Å². The summed E-state index contributed by atoms with van der Waals surface area (Å²) in [7, 11) is 0. The molecule has 6 heteroatoms. The summed E-state index contributed by atoms with van der Waals surface area (Å²) in [5, 5.41) is 9.59. The predicted molar refractivity (Wildman–Crippen MR) is 80.4 cm³/mol. The first-order chi connectivity index (χ1) is 9.97. The quantitative estimate of drug-likeness (QED) is 0.905. The van der Waals surface area contributed by atoms with Crippen molar-refractivity contribution in [2.45, 2.75) is 26.0 Å². The Morgan fingerprint density at radius 2 is 2.33 bits per heavy atom. The summed E-state index contributed by atoms with van der Waals surface area (Å²) < 4.78 is 11.3. The molecule has 1 fully saturated rings. The Bertz CT molecular complexity index is 506. The van der Waals surface area contributed by atoms with E-state index in [2.05, 4.69) is 18.7 Å². The van der Waals surface area contributed by atoms with Crippen LogP contribution in [0.3, 0.4) is 0 Å². The third-order valence-electron chi connectivity index (χ3n) is 3.50. The van der Waals surface area contributed by atoms with Gasteiger partial charge in [0.25, 0.3) is 0 Å². The van der Waals surface area contributed by atoms with Gasteiger partial charge in [-0.2, -0.15) is 0 Å². The number of nitrogens with zero attached hydrogens (tertiary/aromatic N) is 1. The van der Waals surface area contributed by atoms with Crippen LogP contribution in [-0.4, -0.2) is 54.4 Å². The second-order valence-corrected chi connectivity index (χ2v) is 5.77. The van der Waals surface area contributed by atoms with Crippen LogP contribution < -0.4 is 4.74 Å². The Morgan fingerprint density at radius 3 is 3.00 bits per heavy atom. The fourth-order valence-electron chi connectivity index (χ4n) is 2.29. The molecule has 116 valence electrons. The maximum atomic E-state index is 11.2. The number of aromatic carboxylic acids is 1. The van der Waals surface area contributed by atoms with Gasteiger partial charge in [0.2, 0.25) is 0 Å². The molecule has 1 saturated heterocycles. The molecule has 2 rings (SSSR count). The highest BCUT2D eigenvalue weighted by atomic mass is 35.5. The summed E-state index contributed by atoms with van der Waals surface area (Å²) in [6.07, 6.45) is -0.0678. The molecule has 0 aliphatic carbocycles. The Labute approximate surface area is 129 Å². The number of carboxylic acids is 1. The molecule has 0 radical (unpaired) electrons. The molecule has 1 aliphatic rings. The monoisotopic (exact) mass is 313 g/mol. The summed E-state index contributed by atoms with van der Waals surface area (Å²) in [5.74, 6) is -0.754. The molecule has 1 heterocycles. The zero-order chi connectivity index (χ0) is 15.4. The van der Waals surface area contributed by atoms with Crippen LogP contribution in [0.1, 0.15) is 24.2 Å². The number of ether oxygens (including phenoxy) is 2. The Hall–Kier alpha value is -1.30. The Kier molecular flexibility index (Phi) is 5.45. The van der Waals surface area contributed by atoms with E-state index in [1.165, 1.54) is 18.2 Å².